The molecule has 0 aromatic heterocycles. The monoisotopic (exact) mass is 368 g/mol. The number of rotatable bonds is 6. The van der Waals surface area contributed by atoms with Crippen molar-refractivity contribution in [2.45, 2.75) is 0 Å². The minimum absolute atomic E-state index is 0.425. The highest BCUT2D eigenvalue weighted by Crippen LogP contribution is 2.37. The first-order chi connectivity index (χ1) is 13.1. The van der Waals surface area contributed by atoms with E-state index >= 15 is 0 Å². The van der Waals surface area contributed by atoms with Gasteiger partial charge in [0.2, 0.25) is 0 Å². The fourth-order valence-electron chi connectivity index (χ4n) is 2.81. The van der Waals surface area contributed by atoms with Crippen molar-refractivity contribution in [2.75, 3.05) is 28.4 Å². The number of methoxy groups -OCH3 is 4. The van der Waals surface area contributed by atoms with E-state index in [4.69, 9.17) is 23.7 Å². The lowest BCUT2D eigenvalue weighted by molar-refractivity contribution is -0.132. The third-order valence-corrected chi connectivity index (χ3v) is 4.14. The molecule has 1 aliphatic heterocycles. The number of allylic oxidation sites excluding steroid dienone is 1. The van der Waals surface area contributed by atoms with Gasteiger partial charge in [-0.25, -0.2) is 4.79 Å². The molecule has 0 radical (unpaired) electrons. The molecule has 2 aromatic carbocycles. The van der Waals surface area contributed by atoms with Crippen LogP contribution in [0, 0.1) is 0 Å². The maximum Gasteiger partial charge on any atom is 0.336 e. The van der Waals surface area contributed by atoms with Gasteiger partial charge in [-0.1, -0.05) is 12.1 Å². The van der Waals surface area contributed by atoms with Crippen molar-refractivity contribution < 1.29 is 28.5 Å². The van der Waals surface area contributed by atoms with E-state index in [0.717, 1.165) is 11.1 Å². The zero-order chi connectivity index (χ0) is 19.4. The van der Waals surface area contributed by atoms with E-state index in [9.17, 15) is 4.79 Å². The van der Waals surface area contributed by atoms with Crippen LogP contribution in [0.5, 0.6) is 23.0 Å². The Morgan fingerprint density at radius 1 is 0.778 bits per heavy atom. The van der Waals surface area contributed by atoms with Gasteiger partial charge in [-0.05, 0) is 41.5 Å². The zero-order valence-corrected chi connectivity index (χ0v) is 15.6. The molecule has 2 aromatic rings. The highest BCUT2D eigenvalue weighted by atomic mass is 16.5. The minimum Gasteiger partial charge on any atom is -0.493 e. The summed E-state index contributed by atoms with van der Waals surface area (Å²) in [6.45, 7) is 0. The van der Waals surface area contributed by atoms with Crippen LogP contribution in [0.2, 0.25) is 0 Å². The second-order valence-electron chi connectivity index (χ2n) is 5.67. The van der Waals surface area contributed by atoms with Gasteiger partial charge in [0.25, 0.3) is 0 Å². The molecule has 140 valence electrons. The Bertz CT molecular complexity index is 926. The minimum atomic E-state index is -0.425. The number of hydrogen-bond donors (Lipinski definition) is 0. The van der Waals surface area contributed by atoms with Crippen molar-refractivity contribution >= 4 is 17.6 Å². The lowest BCUT2D eigenvalue weighted by atomic mass is 10.0. The summed E-state index contributed by atoms with van der Waals surface area (Å²) in [5.41, 5.74) is 2.25. The van der Waals surface area contributed by atoms with Crippen LogP contribution < -0.4 is 18.9 Å². The Morgan fingerprint density at radius 3 is 2.00 bits per heavy atom. The Balaban J connectivity index is 2.00. The van der Waals surface area contributed by atoms with E-state index in [1.54, 1.807) is 52.7 Å². The van der Waals surface area contributed by atoms with Gasteiger partial charge in [0.05, 0.1) is 28.4 Å². The first-order valence-corrected chi connectivity index (χ1v) is 8.19. The average molecular weight is 368 g/mol. The molecule has 0 atom stereocenters. The summed E-state index contributed by atoms with van der Waals surface area (Å²) in [5.74, 6) is 2.41. The fourth-order valence-corrected chi connectivity index (χ4v) is 2.81. The number of esters is 1. The van der Waals surface area contributed by atoms with Gasteiger partial charge < -0.3 is 23.7 Å². The first kappa shape index (κ1) is 18.4. The molecule has 0 saturated heterocycles. The Labute approximate surface area is 157 Å². The molecule has 0 saturated carbocycles. The molecule has 1 heterocycles. The van der Waals surface area contributed by atoms with Crippen molar-refractivity contribution in [3.8, 4) is 23.0 Å². The molecule has 3 rings (SSSR count). The maximum absolute atomic E-state index is 11.9. The summed E-state index contributed by atoms with van der Waals surface area (Å²) in [4.78, 5) is 11.9. The molecule has 0 aliphatic carbocycles. The van der Waals surface area contributed by atoms with Crippen molar-refractivity contribution in [3.63, 3.8) is 0 Å². The fraction of sp³-hybridized carbons (Fsp3) is 0.190. The zero-order valence-electron chi connectivity index (χ0n) is 15.6. The van der Waals surface area contributed by atoms with Crippen LogP contribution in [-0.4, -0.2) is 34.4 Å². The van der Waals surface area contributed by atoms with E-state index < -0.39 is 5.97 Å². The summed E-state index contributed by atoms with van der Waals surface area (Å²) in [7, 11) is 6.28. The summed E-state index contributed by atoms with van der Waals surface area (Å²) in [6, 6.07) is 10.9. The van der Waals surface area contributed by atoms with Crippen LogP contribution in [0.1, 0.15) is 11.1 Å². The van der Waals surface area contributed by atoms with Crippen molar-refractivity contribution in [1.29, 1.82) is 0 Å². The number of benzene rings is 2. The summed E-state index contributed by atoms with van der Waals surface area (Å²) < 4.78 is 26.6. The molecular formula is C21H20O6. The van der Waals surface area contributed by atoms with E-state index in [1.165, 1.54) is 6.08 Å². The van der Waals surface area contributed by atoms with Crippen LogP contribution in [-0.2, 0) is 9.53 Å². The van der Waals surface area contributed by atoms with E-state index in [2.05, 4.69) is 0 Å². The van der Waals surface area contributed by atoms with Gasteiger partial charge in [-0.3, -0.25) is 0 Å². The maximum atomic E-state index is 11.9. The lowest BCUT2D eigenvalue weighted by Crippen LogP contribution is -1.94. The molecule has 27 heavy (non-hydrogen) atoms. The summed E-state index contributed by atoms with van der Waals surface area (Å²) >= 11 is 0. The predicted octanol–water partition coefficient (Wildman–Crippen LogP) is 3.70. The first-order valence-electron chi connectivity index (χ1n) is 8.19. The number of carbonyl (C=O) groups is 1. The summed E-state index contributed by atoms with van der Waals surface area (Å²) in [6.07, 6.45) is 3.23. The molecule has 0 fully saturated rings. The molecular weight excluding hydrogens is 348 g/mol. The molecule has 0 unspecified atom stereocenters. The van der Waals surface area contributed by atoms with Crippen LogP contribution >= 0.6 is 0 Å². The van der Waals surface area contributed by atoms with Gasteiger partial charge in [0, 0.05) is 11.6 Å². The van der Waals surface area contributed by atoms with Gasteiger partial charge in [0.1, 0.15) is 5.76 Å². The van der Waals surface area contributed by atoms with E-state index in [-0.39, 0.29) is 0 Å². The molecule has 0 bridgehead atoms. The van der Waals surface area contributed by atoms with Gasteiger partial charge >= 0.3 is 5.97 Å². The van der Waals surface area contributed by atoms with Crippen molar-refractivity contribution in [3.05, 3.63) is 59.4 Å². The van der Waals surface area contributed by atoms with Gasteiger partial charge in [-0.2, -0.15) is 0 Å². The normalized spacial score (nSPS) is 14.6. The Kier molecular flexibility index (Phi) is 5.35. The Morgan fingerprint density at radius 2 is 1.37 bits per heavy atom. The molecule has 0 amide bonds. The molecule has 6 heteroatoms. The van der Waals surface area contributed by atoms with Crippen molar-refractivity contribution in [2.24, 2.45) is 0 Å². The smallest absolute Gasteiger partial charge is 0.336 e. The van der Waals surface area contributed by atoms with Gasteiger partial charge in [0.15, 0.2) is 23.0 Å². The topological polar surface area (TPSA) is 63.2 Å². The molecule has 0 N–H and O–H groups in total. The molecule has 0 spiro atoms. The van der Waals surface area contributed by atoms with Crippen LogP contribution in [0.25, 0.3) is 11.6 Å². The Hall–Kier alpha value is -3.41. The van der Waals surface area contributed by atoms with E-state index in [1.807, 2.05) is 18.2 Å². The summed E-state index contributed by atoms with van der Waals surface area (Å²) in [5, 5.41) is 0. The highest BCUT2D eigenvalue weighted by molar-refractivity contribution is 6.03. The quantitative estimate of drug-likeness (QED) is 0.725. The highest BCUT2D eigenvalue weighted by Gasteiger charge is 2.23. The predicted molar refractivity (Wildman–Crippen MR) is 101 cm³/mol. The number of carbonyl (C=O) groups excluding carboxylic acids is 1. The van der Waals surface area contributed by atoms with E-state index in [0.29, 0.717) is 34.3 Å². The number of cyclic esters (lactones) is 1. The van der Waals surface area contributed by atoms with Crippen LogP contribution in [0.4, 0.5) is 0 Å². The lowest BCUT2D eigenvalue weighted by Gasteiger charge is -2.11. The second-order valence-corrected chi connectivity index (χ2v) is 5.67. The third-order valence-electron chi connectivity index (χ3n) is 4.14. The number of hydrogen-bond acceptors (Lipinski definition) is 6. The van der Waals surface area contributed by atoms with Gasteiger partial charge in [-0.15, -0.1) is 0 Å². The SMILES string of the molecule is COc1ccc(/C=C2\OC(=O)C=C2c2ccc(OC)c(OC)c2)cc1OC. The van der Waals surface area contributed by atoms with Crippen LogP contribution in [0.15, 0.2) is 48.2 Å². The second kappa shape index (κ2) is 7.86. The molecule has 6 nitrogen and oxygen atoms in total. The molecule has 1 aliphatic rings. The average Bonchev–Trinajstić information content (AvgIpc) is 3.07. The van der Waals surface area contributed by atoms with Crippen LogP contribution in [0.3, 0.4) is 0 Å². The standard InChI is InChI=1S/C21H20O6/c1-23-16-7-5-13(10-19(16)25-3)9-18-15(12-21(22)27-18)14-6-8-17(24-2)20(11-14)26-4/h5-12H,1-4H3/b18-9-. The largest absolute Gasteiger partial charge is 0.493 e. The third kappa shape index (κ3) is 3.74. The van der Waals surface area contributed by atoms with Crippen molar-refractivity contribution in [1.82, 2.24) is 0 Å². The number of ether oxygens (including phenoxy) is 5.